The zero-order valence-electron chi connectivity index (χ0n) is 17.4. The number of rotatable bonds is 6. The van der Waals surface area contributed by atoms with Crippen LogP contribution in [0, 0.1) is 13.8 Å². The van der Waals surface area contributed by atoms with Gasteiger partial charge in [0.15, 0.2) is 0 Å². The Labute approximate surface area is 185 Å². The van der Waals surface area contributed by atoms with Crippen LogP contribution < -0.4 is 10.0 Å². The predicted octanol–water partition coefficient (Wildman–Crippen LogP) is 4.41. The molecule has 0 radical (unpaired) electrons. The molecule has 1 aromatic heterocycles. The normalized spacial score (nSPS) is 11.2. The van der Waals surface area contributed by atoms with E-state index in [1.807, 2.05) is 38.1 Å². The Kier molecular flexibility index (Phi) is 5.74. The average molecular weight is 449 g/mol. The molecule has 2 N–H and O–H groups in total. The van der Waals surface area contributed by atoms with Gasteiger partial charge >= 0.3 is 0 Å². The molecule has 0 aliphatic rings. The van der Waals surface area contributed by atoms with Gasteiger partial charge in [-0.2, -0.15) is 0 Å². The maximum Gasteiger partial charge on any atom is 0.261 e. The molecular weight excluding hydrogens is 428 g/mol. The molecule has 1 heterocycles. The monoisotopic (exact) mass is 448 g/mol. The second-order valence-electron chi connectivity index (χ2n) is 7.23. The molecule has 0 aliphatic carbocycles. The van der Waals surface area contributed by atoms with Crippen LogP contribution in [-0.4, -0.2) is 24.5 Å². The van der Waals surface area contributed by atoms with E-state index in [1.165, 1.54) is 24.6 Å². The van der Waals surface area contributed by atoms with Crippen molar-refractivity contribution in [2.24, 2.45) is 0 Å². The fourth-order valence-electron chi connectivity index (χ4n) is 3.02. The summed E-state index contributed by atoms with van der Waals surface area (Å²) in [5.74, 6) is -0.112. The van der Waals surface area contributed by atoms with Crippen LogP contribution in [0.5, 0.6) is 0 Å². The molecule has 1 amide bonds. The first-order valence-corrected chi connectivity index (χ1v) is 11.2. The summed E-state index contributed by atoms with van der Waals surface area (Å²) in [4.78, 5) is 12.8. The highest BCUT2D eigenvalue weighted by Gasteiger charge is 2.17. The molecule has 0 saturated heterocycles. The van der Waals surface area contributed by atoms with Crippen molar-refractivity contribution in [3.8, 4) is 11.5 Å². The fourth-order valence-corrected chi connectivity index (χ4v) is 4.13. The topological polar surface area (TPSA) is 114 Å². The van der Waals surface area contributed by atoms with Crippen molar-refractivity contribution in [2.75, 3.05) is 10.0 Å². The van der Waals surface area contributed by atoms with E-state index < -0.39 is 15.9 Å². The fraction of sp³-hybridized carbons (Fsp3) is 0.0870. The number of nitrogens with one attached hydrogen (secondary N) is 2. The molecule has 4 rings (SSSR count). The van der Waals surface area contributed by atoms with Crippen molar-refractivity contribution in [2.45, 2.75) is 18.7 Å². The van der Waals surface area contributed by atoms with Gasteiger partial charge in [-0.3, -0.25) is 9.52 Å². The summed E-state index contributed by atoms with van der Waals surface area (Å²) in [7, 11) is -3.86. The number of amides is 1. The smallest absolute Gasteiger partial charge is 0.261 e. The minimum absolute atomic E-state index is 0.0120. The van der Waals surface area contributed by atoms with E-state index in [4.69, 9.17) is 4.42 Å². The number of aromatic nitrogens is 2. The summed E-state index contributed by atoms with van der Waals surface area (Å²) >= 11 is 0. The summed E-state index contributed by atoms with van der Waals surface area (Å²) in [6, 6.07) is 18.2. The lowest BCUT2D eigenvalue weighted by molar-refractivity contribution is 0.102. The number of hydrogen-bond donors (Lipinski definition) is 2. The molecule has 3 aromatic carbocycles. The quantitative estimate of drug-likeness (QED) is 0.452. The third-order valence-electron chi connectivity index (χ3n) is 4.80. The van der Waals surface area contributed by atoms with Crippen molar-refractivity contribution in [3.05, 3.63) is 89.8 Å². The van der Waals surface area contributed by atoms with E-state index >= 15 is 0 Å². The molecule has 0 atom stereocenters. The van der Waals surface area contributed by atoms with E-state index in [2.05, 4.69) is 20.2 Å². The lowest BCUT2D eigenvalue weighted by Gasteiger charge is -2.12. The van der Waals surface area contributed by atoms with Crippen LogP contribution in [0.15, 0.2) is 82.4 Å². The zero-order chi connectivity index (χ0) is 22.7. The van der Waals surface area contributed by atoms with E-state index in [-0.39, 0.29) is 10.5 Å². The van der Waals surface area contributed by atoms with Crippen LogP contribution in [0.3, 0.4) is 0 Å². The first kappa shape index (κ1) is 21.3. The lowest BCUT2D eigenvalue weighted by Crippen LogP contribution is -2.16. The molecule has 162 valence electrons. The van der Waals surface area contributed by atoms with Gasteiger partial charge in [-0.05, 0) is 61.9 Å². The maximum atomic E-state index is 12.9. The molecule has 0 fully saturated rings. The Hall–Kier alpha value is -3.98. The number of carbonyl (C=O) groups is 1. The van der Waals surface area contributed by atoms with Gasteiger partial charge in [0.1, 0.15) is 0 Å². The van der Waals surface area contributed by atoms with E-state index in [1.54, 1.807) is 24.3 Å². The Morgan fingerprint density at radius 3 is 2.47 bits per heavy atom. The number of benzene rings is 3. The number of sulfonamides is 1. The number of aryl methyl sites for hydroxylation is 2. The van der Waals surface area contributed by atoms with Gasteiger partial charge < -0.3 is 9.73 Å². The maximum absolute atomic E-state index is 12.9. The largest absolute Gasteiger partial charge is 0.423 e. The average Bonchev–Trinajstić information content (AvgIpc) is 3.32. The number of anilines is 2. The van der Waals surface area contributed by atoms with Gasteiger partial charge in [0, 0.05) is 22.5 Å². The molecule has 0 bridgehead atoms. The SMILES string of the molecule is Cc1ccc(NS(=O)(=O)c2cccc(C(=O)Nc3cc(-c4nnco4)ccc3C)c2)cc1. The molecular formula is C23H20N4O4S. The molecule has 32 heavy (non-hydrogen) atoms. The third-order valence-corrected chi connectivity index (χ3v) is 6.18. The summed E-state index contributed by atoms with van der Waals surface area (Å²) in [6.45, 7) is 3.76. The zero-order valence-corrected chi connectivity index (χ0v) is 18.2. The Bertz CT molecular complexity index is 1370. The van der Waals surface area contributed by atoms with Crippen molar-refractivity contribution in [1.82, 2.24) is 10.2 Å². The van der Waals surface area contributed by atoms with Crippen LogP contribution >= 0.6 is 0 Å². The van der Waals surface area contributed by atoms with Gasteiger partial charge in [-0.1, -0.05) is 29.8 Å². The van der Waals surface area contributed by atoms with E-state index in [0.717, 1.165) is 11.1 Å². The standard InChI is InChI=1S/C23H20N4O4S/c1-15-6-10-19(11-7-15)27-32(29,30)20-5-3-4-17(12-20)22(28)25-21-13-18(9-8-16(21)2)23-26-24-14-31-23/h3-14,27H,1-2H3,(H,25,28). The third kappa shape index (κ3) is 4.68. The molecule has 4 aromatic rings. The highest BCUT2D eigenvalue weighted by Crippen LogP contribution is 2.25. The first-order chi connectivity index (χ1) is 15.3. The minimum atomic E-state index is -3.86. The van der Waals surface area contributed by atoms with Crippen LogP contribution in [0.4, 0.5) is 11.4 Å². The first-order valence-electron chi connectivity index (χ1n) is 9.70. The summed E-state index contributed by atoms with van der Waals surface area (Å²) in [5.41, 5.74) is 3.70. The minimum Gasteiger partial charge on any atom is -0.423 e. The van der Waals surface area contributed by atoms with Crippen LogP contribution in [0.2, 0.25) is 0 Å². The second-order valence-corrected chi connectivity index (χ2v) is 8.91. The second kappa shape index (κ2) is 8.64. The Balaban J connectivity index is 1.56. The van der Waals surface area contributed by atoms with Crippen LogP contribution in [-0.2, 0) is 10.0 Å². The Morgan fingerprint density at radius 2 is 1.75 bits per heavy atom. The van der Waals surface area contributed by atoms with E-state index in [9.17, 15) is 13.2 Å². The molecule has 0 saturated carbocycles. The van der Waals surface area contributed by atoms with Gasteiger partial charge in [0.2, 0.25) is 12.3 Å². The summed E-state index contributed by atoms with van der Waals surface area (Å²) in [5, 5.41) is 10.3. The van der Waals surface area contributed by atoms with Crippen molar-refractivity contribution in [3.63, 3.8) is 0 Å². The van der Waals surface area contributed by atoms with Gasteiger partial charge in [-0.15, -0.1) is 10.2 Å². The predicted molar refractivity (Wildman–Crippen MR) is 121 cm³/mol. The molecule has 9 heteroatoms. The molecule has 0 unspecified atom stereocenters. The molecule has 8 nitrogen and oxygen atoms in total. The van der Waals surface area contributed by atoms with E-state index in [0.29, 0.717) is 22.8 Å². The summed E-state index contributed by atoms with van der Waals surface area (Å²) < 4.78 is 33.3. The highest BCUT2D eigenvalue weighted by atomic mass is 32.2. The van der Waals surface area contributed by atoms with Gasteiger partial charge in [0.25, 0.3) is 15.9 Å². The van der Waals surface area contributed by atoms with Crippen molar-refractivity contribution < 1.29 is 17.6 Å². The van der Waals surface area contributed by atoms with Gasteiger partial charge in [-0.25, -0.2) is 8.42 Å². The Morgan fingerprint density at radius 1 is 0.969 bits per heavy atom. The van der Waals surface area contributed by atoms with Crippen LogP contribution in [0.1, 0.15) is 21.5 Å². The number of carbonyl (C=O) groups excluding carboxylic acids is 1. The van der Waals surface area contributed by atoms with Crippen molar-refractivity contribution in [1.29, 1.82) is 0 Å². The highest BCUT2D eigenvalue weighted by molar-refractivity contribution is 7.92. The number of nitrogens with zero attached hydrogens (tertiary/aromatic N) is 2. The molecule has 0 aliphatic heterocycles. The molecule has 0 spiro atoms. The van der Waals surface area contributed by atoms with Crippen LogP contribution in [0.25, 0.3) is 11.5 Å². The number of hydrogen-bond acceptors (Lipinski definition) is 6. The van der Waals surface area contributed by atoms with Crippen molar-refractivity contribution >= 4 is 27.3 Å². The summed E-state index contributed by atoms with van der Waals surface area (Å²) in [6.07, 6.45) is 1.23. The van der Waals surface area contributed by atoms with Gasteiger partial charge in [0.05, 0.1) is 4.90 Å². The lowest BCUT2D eigenvalue weighted by atomic mass is 10.1.